The van der Waals surface area contributed by atoms with Gasteiger partial charge in [0, 0.05) is 16.6 Å². The number of benzene rings is 2. The molecule has 0 unspecified atom stereocenters. The van der Waals surface area contributed by atoms with Crippen molar-refractivity contribution in [2.45, 2.75) is 27.7 Å². The van der Waals surface area contributed by atoms with Crippen LogP contribution < -0.4 is 5.32 Å². The van der Waals surface area contributed by atoms with Crippen LogP contribution in [0, 0.1) is 6.92 Å². The van der Waals surface area contributed by atoms with Crippen molar-refractivity contribution >= 4 is 22.5 Å². The molecule has 0 saturated carbocycles. The van der Waals surface area contributed by atoms with Crippen molar-refractivity contribution in [1.29, 1.82) is 0 Å². The molecule has 0 aliphatic heterocycles. The summed E-state index contributed by atoms with van der Waals surface area (Å²) < 4.78 is 0. The predicted octanol–water partition coefficient (Wildman–Crippen LogP) is 6.19. The second-order valence-corrected chi connectivity index (χ2v) is 6.25. The summed E-state index contributed by atoms with van der Waals surface area (Å²) in [4.78, 5) is 12.4. The zero-order valence-corrected chi connectivity index (χ0v) is 17.0. The van der Waals surface area contributed by atoms with Crippen LogP contribution in [-0.4, -0.2) is 16.1 Å². The van der Waals surface area contributed by atoms with E-state index in [1.807, 2.05) is 44.3 Å². The number of hydrogen-bond acceptors (Lipinski definition) is 2. The zero-order chi connectivity index (χ0) is 20.7. The number of aromatic nitrogens is 2. The molecule has 1 amide bonds. The van der Waals surface area contributed by atoms with Gasteiger partial charge in [0.05, 0.1) is 11.7 Å². The average molecular weight is 374 g/mol. The van der Waals surface area contributed by atoms with Gasteiger partial charge in [0.1, 0.15) is 0 Å². The number of aromatic amines is 1. The molecule has 2 N–H and O–H groups in total. The highest BCUT2D eigenvalue weighted by Gasteiger charge is 2.10. The summed E-state index contributed by atoms with van der Waals surface area (Å²) in [6, 6.07) is 12.0. The number of hydrogen-bond donors (Lipinski definition) is 2. The van der Waals surface area contributed by atoms with E-state index in [2.05, 4.69) is 47.7 Å². The van der Waals surface area contributed by atoms with Crippen LogP contribution in [-0.2, 0) is 4.79 Å². The van der Waals surface area contributed by atoms with Crippen LogP contribution >= 0.6 is 0 Å². The number of fused-ring (bicyclic) bond motifs is 1. The second kappa shape index (κ2) is 9.51. The molecule has 3 aromatic rings. The van der Waals surface area contributed by atoms with Gasteiger partial charge in [0.25, 0.3) is 5.91 Å². The number of carbonyl (C=O) groups is 1. The number of nitrogens with zero attached hydrogens (tertiary/aromatic N) is 1. The fraction of sp³-hybridized carbons (Fsp3) is 0.167. The summed E-state index contributed by atoms with van der Waals surface area (Å²) in [7, 11) is 0. The summed E-state index contributed by atoms with van der Waals surface area (Å²) in [6.45, 7) is 15.3. The van der Waals surface area contributed by atoms with Gasteiger partial charge in [-0.2, -0.15) is 5.10 Å². The van der Waals surface area contributed by atoms with Crippen LogP contribution in [0.4, 0.5) is 5.69 Å². The Balaban J connectivity index is 0.00000136. The number of allylic oxidation sites excluding steroid dienone is 2. The molecule has 4 heteroatoms. The number of nitrogens with one attached hydrogen (secondary N) is 2. The summed E-state index contributed by atoms with van der Waals surface area (Å²) >= 11 is 0. The van der Waals surface area contributed by atoms with Gasteiger partial charge in [-0.1, -0.05) is 45.2 Å². The van der Waals surface area contributed by atoms with Crippen molar-refractivity contribution in [2.24, 2.45) is 0 Å². The third-order valence-corrected chi connectivity index (χ3v) is 4.23. The van der Waals surface area contributed by atoms with E-state index in [0.29, 0.717) is 11.1 Å². The van der Waals surface area contributed by atoms with E-state index in [9.17, 15) is 4.79 Å². The molecule has 0 aliphatic rings. The molecule has 0 radical (unpaired) electrons. The normalized spacial score (nSPS) is 10.8. The third-order valence-electron chi connectivity index (χ3n) is 4.23. The number of amides is 1. The minimum atomic E-state index is -0.193. The van der Waals surface area contributed by atoms with Crippen molar-refractivity contribution in [3.05, 3.63) is 84.6 Å². The van der Waals surface area contributed by atoms with Gasteiger partial charge in [-0.05, 0) is 66.5 Å². The highest BCUT2D eigenvalue weighted by Crippen LogP contribution is 2.28. The first-order valence-corrected chi connectivity index (χ1v) is 9.33. The molecule has 0 saturated heterocycles. The lowest BCUT2D eigenvalue weighted by Crippen LogP contribution is -2.14. The van der Waals surface area contributed by atoms with Gasteiger partial charge in [-0.3, -0.25) is 9.89 Å². The molecule has 3 rings (SSSR count). The number of rotatable bonds is 5. The maximum absolute atomic E-state index is 12.4. The minimum Gasteiger partial charge on any atom is -0.322 e. The maximum atomic E-state index is 12.4. The SMILES string of the molecule is C=C/C=C(\C(=C)C)C(=O)Nc1ccc(-c2cc3cn[nH]c3cc2C)cc1.CC. The van der Waals surface area contributed by atoms with Crippen molar-refractivity contribution in [1.82, 2.24) is 10.2 Å². The van der Waals surface area contributed by atoms with Crippen LogP contribution in [0.5, 0.6) is 0 Å². The summed E-state index contributed by atoms with van der Waals surface area (Å²) in [5, 5.41) is 11.0. The quantitative estimate of drug-likeness (QED) is 0.414. The highest BCUT2D eigenvalue weighted by atomic mass is 16.1. The van der Waals surface area contributed by atoms with Gasteiger partial charge in [-0.25, -0.2) is 0 Å². The molecule has 0 aliphatic carbocycles. The lowest BCUT2D eigenvalue weighted by Gasteiger charge is -2.10. The molecule has 28 heavy (non-hydrogen) atoms. The molecule has 144 valence electrons. The summed E-state index contributed by atoms with van der Waals surface area (Å²) in [5.74, 6) is -0.193. The number of H-pyrrole nitrogens is 1. The lowest BCUT2D eigenvalue weighted by atomic mass is 9.98. The predicted molar refractivity (Wildman–Crippen MR) is 119 cm³/mol. The maximum Gasteiger partial charge on any atom is 0.255 e. The van der Waals surface area contributed by atoms with Crippen LogP contribution in [0.2, 0.25) is 0 Å². The first-order valence-electron chi connectivity index (χ1n) is 9.33. The van der Waals surface area contributed by atoms with E-state index in [4.69, 9.17) is 0 Å². The fourth-order valence-corrected chi connectivity index (χ4v) is 2.87. The second-order valence-electron chi connectivity index (χ2n) is 6.25. The van der Waals surface area contributed by atoms with Gasteiger partial charge in [0.15, 0.2) is 0 Å². The van der Waals surface area contributed by atoms with Crippen LogP contribution in [0.25, 0.3) is 22.0 Å². The molecule has 0 atom stereocenters. The van der Waals surface area contributed by atoms with E-state index in [1.165, 1.54) is 0 Å². The fourth-order valence-electron chi connectivity index (χ4n) is 2.87. The molecule has 1 heterocycles. The third kappa shape index (κ3) is 4.65. The molecule has 4 nitrogen and oxygen atoms in total. The Kier molecular flexibility index (Phi) is 7.10. The topological polar surface area (TPSA) is 57.8 Å². The minimum absolute atomic E-state index is 0.193. The Morgan fingerprint density at radius 3 is 2.46 bits per heavy atom. The Hall–Kier alpha value is -3.40. The zero-order valence-electron chi connectivity index (χ0n) is 17.0. The molecule has 2 aromatic carbocycles. The Bertz CT molecular complexity index is 1020. The van der Waals surface area contributed by atoms with E-state index in [-0.39, 0.29) is 5.91 Å². The smallest absolute Gasteiger partial charge is 0.255 e. The van der Waals surface area contributed by atoms with Crippen molar-refractivity contribution in [3.8, 4) is 11.1 Å². The Labute approximate surface area is 166 Å². The van der Waals surface area contributed by atoms with Crippen LogP contribution in [0.1, 0.15) is 26.3 Å². The number of carbonyl (C=O) groups excluding carboxylic acids is 1. The molecule has 0 fully saturated rings. The first kappa shape index (κ1) is 20.9. The molecule has 0 bridgehead atoms. The molecule has 1 aromatic heterocycles. The number of anilines is 1. The van der Waals surface area contributed by atoms with Crippen molar-refractivity contribution in [2.75, 3.05) is 5.32 Å². The van der Waals surface area contributed by atoms with Gasteiger partial charge in [-0.15, -0.1) is 0 Å². The van der Waals surface area contributed by atoms with E-state index < -0.39 is 0 Å². The molecular weight excluding hydrogens is 346 g/mol. The van der Waals surface area contributed by atoms with Crippen molar-refractivity contribution in [3.63, 3.8) is 0 Å². The van der Waals surface area contributed by atoms with Gasteiger partial charge < -0.3 is 5.32 Å². The van der Waals surface area contributed by atoms with Crippen LogP contribution in [0.3, 0.4) is 0 Å². The Morgan fingerprint density at radius 1 is 1.18 bits per heavy atom. The molecular formula is C24H27N3O. The Morgan fingerprint density at radius 2 is 1.86 bits per heavy atom. The standard InChI is InChI=1S/C22H21N3O.C2H6/c1-5-6-19(14(2)3)22(26)24-18-9-7-16(8-10-18)20-12-17-13-23-25-21(17)11-15(20)4;1-2/h5-13H,1-2H2,3-4H3,(H,23,25)(H,24,26);1-2H3/b19-6+;. The largest absolute Gasteiger partial charge is 0.322 e. The lowest BCUT2D eigenvalue weighted by molar-refractivity contribution is -0.112. The van der Waals surface area contributed by atoms with Gasteiger partial charge in [0.2, 0.25) is 0 Å². The van der Waals surface area contributed by atoms with Gasteiger partial charge >= 0.3 is 0 Å². The van der Waals surface area contributed by atoms with Crippen molar-refractivity contribution < 1.29 is 4.79 Å². The van der Waals surface area contributed by atoms with E-state index in [0.717, 1.165) is 33.3 Å². The monoisotopic (exact) mass is 373 g/mol. The summed E-state index contributed by atoms with van der Waals surface area (Å²) in [5.41, 5.74) is 6.37. The number of aryl methyl sites for hydroxylation is 1. The van der Waals surface area contributed by atoms with Crippen LogP contribution in [0.15, 0.2) is 79.1 Å². The van der Waals surface area contributed by atoms with E-state index in [1.54, 1.807) is 19.1 Å². The summed E-state index contributed by atoms with van der Waals surface area (Å²) in [6.07, 6.45) is 5.06. The highest BCUT2D eigenvalue weighted by molar-refractivity contribution is 6.07. The first-order chi connectivity index (χ1) is 13.5. The average Bonchev–Trinajstić information content (AvgIpc) is 3.14. The molecule has 0 spiro atoms. The van der Waals surface area contributed by atoms with E-state index >= 15 is 0 Å².